The minimum atomic E-state index is 0.316. The molecule has 0 spiro atoms. The van der Waals surface area contributed by atoms with Crippen molar-refractivity contribution in [3.8, 4) is 0 Å². The SMILES string of the molecule is CCNC(CC)c1cc2c(C)ccc(C(C)C)c2o1. The highest BCUT2D eigenvalue weighted by Crippen LogP contribution is 2.33. The fourth-order valence-electron chi connectivity index (χ4n) is 2.62. The second-order valence-electron chi connectivity index (χ2n) is 5.54. The van der Waals surface area contributed by atoms with Gasteiger partial charge in [0.15, 0.2) is 0 Å². The van der Waals surface area contributed by atoms with Crippen molar-refractivity contribution in [2.45, 2.75) is 53.0 Å². The average Bonchev–Trinajstić information content (AvgIpc) is 2.81. The lowest BCUT2D eigenvalue weighted by Gasteiger charge is -2.12. The van der Waals surface area contributed by atoms with E-state index in [4.69, 9.17) is 4.42 Å². The van der Waals surface area contributed by atoms with E-state index in [0.29, 0.717) is 12.0 Å². The first-order valence-corrected chi connectivity index (χ1v) is 7.34. The van der Waals surface area contributed by atoms with Gasteiger partial charge in [-0.25, -0.2) is 0 Å². The van der Waals surface area contributed by atoms with Gasteiger partial charge >= 0.3 is 0 Å². The van der Waals surface area contributed by atoms with Crippen LogP contribution in [0.1, 0.15) is 63.0 Å². The monoisotopic (exact) mass is 259 g/mol. The van der Waals surface area contributed by atoms with Crippen molar-refractivity contribution >= 4 is 11.0 Å². The van der Waals surface area contributed by atoms with Gasteiger partial charge in [0.05, 0.1) is 6.04 Å². The van der Waals surface area contributed by atoms with Crippen molar-refractivity contribution in [3.63, 3.8) is 0 Å². The fourth-order valence-corrected chi connectivity index (χ4v) is 2.62. The van der Waals surface area contributed by atoms with Crippen molar-refractivity contribution in [2.75, 3.05) is 6.54 Å². The molecule has 0 amide bonds. The first kappa shape index (κ1) is 14.1. The Morgan fingerprint density at radius 1 is 1.21 bits per heavy atom. The van der Waals surface area contributed by atoms with Gasteiger partial charge in [-0.15, -0.1) is 0 Å². The van der Waals surface area contributed by atoms with Gasteiger partial charge in [-0.2, -0.15) is 0 Å². The van der Waals surface area contributed by atoms with Crippen LogP contribution in [-0.2, 0) is 0 Å². The third-order valence-corrected chi connectivity index (χ3v) is 3.78. The predicted molar refractivity (Wildman–Crippen MR) is 81.7 cm³/mol. The molecular weight excluding hydrogens is 234 g/mol. The second-order valence-corrected chi connectivity index (χ2v) is 5.54. The highest BCUT2D eigenvalue weighted by Gasteiger charge is 2.17. The Kier molecular flexibility index (Phi) is 4.31. The summed E-state index contributed by atoms with van der Waals surface area (Å²) < 4.78 is 6.18. The molecule has 0 bridgehead atoms. The van der Waals surface area contributed by atoms with Crippen molar-refractivity contribution < 1.29 is 4.42 Å². The molecular formula is C17H25NO. The molecule has 1 N–H and O–H groups in total. The van der Waals surface area contributed by atoms with Crippen LogP contribution in [0, 0.1) is 6.92 Å². The summed E-state index contributed by atoms with van der Waals surface area (Å²) >= 11 is 0. The summed E-state index contributed by atoms with van der Waals surface area (Å²) in [5, 5.41) is 4.75. The van der Waals surface area contributed by atoms with E-state index in [0.717, 1.165) is 24.3 Å². The van der Waals surface area contributed by atoms with Crippen LogP contribution in [0.3, 0.4) is 0 Å². The molecule has 2 heteroatoms. The topological polar surface area (TPSA) is 25.2 Å². The van der Waals surface area contributed by atoms with Crippen LogP contribution >= 0.6 is 0 Å². The molecule has 1 heterocycles. The van der Waals surface area contributed by atoms with Gasteiger partial charge in [0.25, 0.3) is 0 Å². The number of benzene rings is 1. The van der Waals surface area contributed by atoms with Crippen molar-refractivity contribution in [2.24, 2.45) is 0 Å². The molecule has 0 aliphatic rings. The number of hydrogen-bond donors (Lipinski definition) is 1. The maximum Gasteiger partial charge on any atom is 0.138 e. The largest absolute Gasteiger partial charge is 0.459 e. The van der Waals surface area contributed by atoms with E-state index in [1.807, 2.05) is 0 Å². The number of rotatable bonds is 5. The van der Waals surface area contributed by atoms with Crippen molar-refractivity contribution in [3.05, 3.63) is 35.1 Å². The highest BCUT2D eigenvalue weighted by atomic mass is 16.3. The summed E-state index contributed by atoms with van der Waals surface area (Å²) in [5.74, 6) is 1.55. The smallest absolute Gasteiger partial charge is 0.138 e. The molecule has 2 aromatic rings. The predicted octanol–water partition coefficient (Wildman–Crippen LogP) is 4.93. The fraction of sp³-hybridized carbons (Fsp3) is 0.529. The summed E-state index contributed by atoms with van der Waals surface area (Å²) in [6, 6.07) is 6.93. The Labute approximate surface area is 116 Å². The van der Waals surface area contributed by atoms with E-state index in [1.54, 1.807) is 0 Å². The van der Waals surface area contributed by atoms with E-state index in [9.17, 15) is 0 Å². The molecule has 1 aromatic heterocycles. The first-order valence-electron chi connectivity index (χ1n) is 7.34. The Morgan fingerprint density at radius 2 is 1.95 bits per heavy atom. The van der Waals surface area contributed by atoms with E-state index in [2.05, 4.69) is 58.1 Å². The lowest BCUT2D eigenvalue weighted by Crippen LogP contribution is -2.19. The number of furan rings is 1. The van der Waals surface area contributed by atoms with Gasteiger partial charge < -0.3 is 9.73 Å². The average molecular weight is 259 g/mol. The van der Waals surface area contributed by atoms with Gasteiger partial charge in [0.1, 0.15) is 11.3 Å². The zero-order valence-electron chi connectivity index (χ0n) is 12.7. The lowest BCUT2D eigenvalue weighted by molar-refractivity contribution is 0.427. The Hall–Kier alpha value is -1.28. The molecule has 1 unspecified atom stereocenters. The van der Waals surface area contributed by atoms with E-state index < -0.39 is 0 Å². The molecule has 0 saturated heterocycles. The standard InChI is InChI=1S/C17H25NO/c1-6-15(18-7-2)16-10-14-12(5)8-9-13(11(3)4)17(14)19-16/h8-11,15,18H,6-7H2,1-5H3. The molecule has 0 aliphatic heterocycles. The molecule has 1 atom stereocenters. The first-order chi connectivity index (χ1) is 9.08. The molecule has 104 valence electrons. The molecule has 0 aliphatic carbocycles. The second kappa shape index (κ2) is 5.79. The summed E-state index contributed by atoms with van der Waals surface area (Å²) in [5.41, 5.74) is 3.67. The zero-order valence-corrected chi connectivity index (χ0v) is 12.7. The molecule has 2 rings (SSSR count). The molecule has 1 aromatic carbocycles. The van der Waals surface area contributed by atoms with Gasteiger partial charge in [-0.1, -0.05) is 39.8 Å². The maximum absolute atomic E-state index is 6.18. The third-order valence-electron chi connectivity index (χ3n) is 3.78. The number of fused-ring (bicyclic) bond motifs is 1. The van der Waals surface area contributed by atoms with Crippen molar-refractivity contribution in [1.82, 2.24) is 5.32 Å². The van der Waals surface area contributed by atoms with Crippen LogP contribution in [0.4, 0.5) is 0 Å². The van der Waals surface area contributed by atoms with Crippen LogP contribution in [0.25, 0.3) is 11.0 Å². The van der Waals surface area contributed by atoms with Gasteiger partial charge in [0, 0.05) is 5.39 Å². The highest BCUT2D eigenvalue weighted by molar-refractivity contribution is 5.85. The minimum Gasteiger partial charge on any atom is -0.459 e. The van der Waals surface area contributed by atoms with Gasteiger partial charge in [-0.3, -0.25) is 0 Å². The number of aryl methyl sites for hydroxylation is 1. The minimum absolute atomic E-state index is 0.316. The normalized spacial score (nSPS) is 13.4. The van der Waals surface area contributed by atoms with E-state index >= 15 is 0 Å². The summed E-state index contributed by atoms with van der Waals surface area (Å²) in [6.07, 6.45) is 1.05. The van der Waals surface area contributed by atoms with Crippen LogP contribution in [0.15, 0.2) is 22.6 Å². The van der Waals surface area contributed by atoms with Gasteiger partial charge in [0.2, 0.25) is 0 Å². The quantitative estimate of drug-likeness (QED) is 0.824. The third kappa shape index (κ3) is 2.69. The van der Waals surface area contributed by atoms with Crippen molar-refractivity contribution in [1.29, 1.82) is 0 Å². The van der Waals surface area contributed by atoms with Crippen LogP contribution in [0.5, 0.6) is 0 Å². The summed E-state index contributed by atoms with van der Waals surface area (Å²) in [7, 11) is 0. The summed E-state index contributed by atoms with van der Waals surface area (Å²) in [4.78, 5) is 0. The Morgan fingerprint density at radius 3 is 2.53 bits per heavy atom. The zero-order chi connectivity index (χ0) is 14.0. The lowest BCUT2D eigenvalue weighted by atomic mass is 9.99. The Bertz CT molecular complexity index is 554. The van der Waals surface area contributed by atoms with Gasteiger partial charge in [-0.05, 0) is 43.0 Å². The molecule has 0 fully saturated rings. The van der Waals surface area contributed by atoms with E-state index in [1.165, 1.54) is 16.5 Å². The van der Waals surface area contributed by atoms with Crippen LogP contribution in [0.2, 0.25) is 0 Å². The number of nitrogens with one attached hydrogen (secondary N) is 1. The molecule has 0 saturated carbocycles. The number of hydrogen-bond acceptors (Lipinski definition) is 2. The summed E-state index contributed by atoms with van der Waals surface area (Å²) in [6.45, 7) is 11.9. The van der Waals surface area contributed by atoms with Crippen LogP contribution < -0.4 is 5.32 Å². The van der Waals surface area contributed by atoms with Crippen LogP contribution in [-0.4, -0.2) is 6.54 Å². The maximum atomic E-state index is 6.18. The van der Waals surface area contributed by atoms with E-state index in [-0.39, 0.29) is 0 Å². The Balaban J connectivity index is 2.55. The molecule has 19 heavy (non-hydrogen) atoms. The molecule has 2 nitrogen and oxygen atoms in total. The molecule has 0 radical (unpaired) electrons.